The van der Waals surface area contributed by atoms with E-state index in [-0.39, 0.29) is 11.3 Å². The summed E-state index contributed by atoms with van der Waals surface area (Å²) in [6.07, 6.45) is -0.116. The quantitative estimate of drug-likeness (QED) is 0.545. The molecular weight excluding hydrogens is 410 g/mol. The van der Waals surface area contributed by atoms with Crippen LogP contribution in [0.1, 0.15) is 12.5 Å². The fourth-order valence-corrected chi connectivity index (χ4v) is 4.51. The molecule has 2 rings (SSSR count). The molecule has 25 heavy (non-hydrogen) atoms. The van der Waals surface area contributed by atoms with E-state index in [4.69, 9.17) is 9.94 Å². The van der Waals surface area contributed by atoms with Gasteiger partial charge in [0.25, 0.3) is 5.91 Å². The van der Waals surface area contributed by atoms with Crippen LogP contribution in [0.25, 0.3) is 0 Å². The van der Waals surface area contributed by atoms with Crippen molar-refractivity contribution in [2.75, 3.05) is 7.11 Å². The van der Waals surface area contributed by atoms with Crippen LogP contribution in [-0.2, 0) is 21.1 Å². The molecule has 2 aromatic carbocycles. The summed E-state index contributed by atoms with van der Waals surface area (Å²) in [5.41, 5.74) is 2.12. The average Bonchev–Trinajstić information content (AvgIpc) is 2.62. The first-order valence-electron chi connectivity index (χ1n) is 7.33. The van der Waals surface area contributed by atoms with Gasteiger partial charge in [0, 0.05) is 10.9 Å². The Bertz CT molecular complexity index is 867. The molecule has 0 fully saturated rings. The van der Waals surface area contributed by atoms with Crippen LogP contribution in [-0.4, -0.2) is 31.4 Å². The zero-order valence-electron chi connectivity index (χ0n) is 13.7. The molecule has 0 radical (unpaired) electrons. The Kier molecular flexibility index (Phi) is 5.87. The van der Waals surface area contributed by atoms with Crippen molar-refractivity contribution in [3.63, 3.8) is 0 Å². The topological polar surface area (TPSA) is 92.7 Å². The highest BCUT2D eigenvalue weighted by Gasteiger charge is 2.47. The van der Waals surface area contributed by atoms with E-state index in [2.05, 4.69) is 15.9 Å². The average molecular weight is 428 g/mol. The number of hydroxylamine groups is 1. The summed E-state index contributed by atoms with van der Waals surface area (Å²) in [4.78, 5) is 12.3. The first-order chi connectivity index (χ1) is 11.8. The van der Waals surface area contributed by atoms with Crippen molar-refractivity contribution in [3.8, 4) is 5.75 Å². The molecule has 1 amide bonds. The Morgan fingerprint density at radius 1 is 1.20 bits per heavy atom. The monoisotopic (exact) mass is 427 g/mol. The number of amides is 1. The van der Waals surface area contributed by atoms with E-state index >= 15 is 0 Å². The van der Waals surface area contributed by atoms with Crippen molar-refractivity contribution in [2.24, 2.45) is 0 Å². The van der Waals surface area contributed by atoms with E-state index in [1.165, 1.54) is 43.8 Å². The maximum atomic E-state index is 13.1. The summed E-state index contributed by atoms with van der Waals surface area (Å²) in [7, 11) is -2.63. The molecule has 1 unspecified atom stereocenters. The lowest BCUT2D eigenvalue weighted by Crippen LogP contribution is -2.51. The second kappa shape index (κ2) is 7.55. The molecule has 0 heterocycles. The molecule has 2 N–H and O–H groups in total. The number of halogens is 1. The normalized spacial score (nSPS) is 13.8. The maximum Gasteiger partial charge on any atom is 0.265 e. The largest absolute Gasteiger partial charge is 0.497 e. The van der Waals surface area contributed by atoms with Crippen LogP contribution < -0.4 is 10.2 Å². The Balaban J connectivity index is 2.54. The lowest BCUT2D eigenvalue weighted by molar-refractivity contribution is -0.131. The number of hydrogen-bond donors (Lipinski definition) is 2. The van der Waals surface area contributed by atoms with Crippen LogP contribution in [0, 0.1) is 0 Å². The minimum absolute atomic E-state index is 0.0357. The summed E-state index contributed by atoms with van der Waals surface area (Å²) in [5.74, 6) is -0.503. The molecule has 0 aromatic heterocycles. The third kappa shape index (κ3) is 3.70. The molecule has 2 aromatic rings. The molecule has 6 nitrogen and oxygen atoms in total. The highest BCUT2D eigenvalue weighted by molar-refractivity contribution is 9.10. The minimum Gasteiger partial charge on any atom is -0.497 e. The maximum absolute atomic E-state index is 13.1. The van der Waals surface area contributed by atoms with E-state index in [0.717, 1.165) is 0 Å². The van der Waals surface area contributed by atoms with E-state index in [0.29, 0.717) is 15.8 Å². The van der Waals surface area contributed by atoms with Gasteiger partial charge in [0.1, 0.15) is 5.75 Å². The zero-order valence-corrected chi connectivity index (χ0v) is 16.1. The van der Waals surface area contributed by atoms with Crippen molar-refractivity contribution in [2.45, 2.75) is 23.0 Å². The van der Waals surface area contributed by atoms with Crippen LogP contribution in [0.3, 0.4) is 0 Å². The Labute approximate surface area is 154 Å². The van der Waals surface area contributed by atoms with Gasteiger partial charge in [-0.2, -0.15) is 0 Å². The van der Waals surface area contributed by atoms with Crippen LogP contribution in [0.2, 0.25) is 0 Å². The van der Waals surface area contributed by atoms with Crippen molar-refractivity contribution in [1.82, 2.24) is 5.48 Å². The molecule has 0 aliphatic heterocycles. The number of carbonyl (C=O) groups is 1. The van der Waals surface area contributed by atoms with Gasteiger partial charge in [-0.3, -0.25) is 10.0 Å². The molecule has 0 bridgehead atoms. The van der Waals surface area contributed by atoms with Gasteiger partial charge in [-0.15, -0.1) is 0 Å². The summed E-state index contributed by atoms with van der Waals surface area (Å²) >= 11 is 3.36. The first-order valence-corrected chi connectivity index (χ1v) is 9.60. The molecule has 0 saturated heterocycles. The number of ether oxygens (including phenoxy) is 1. The second-order valence-electron chi connectivity index (χ2n) is 5.62. The number of benzene rings is 2. The number of hydrogen-bond acceptors (Lipinski definition) is 5. The molecule has 1 atom stereocenters. The second-order valence-corrected chi connectivity index (χ2v) is 8.85. The van der Waals surface area contributed by atoms with Gasteiger partial charge in [-0.05, 0) is 42.8 Å². The van der Waals surface area contributed by atoms with Gasteiger partial charge >= 0.3 is 0 Å². The van der Waals surface area contributed by atoms with E-state index in [1.807, 2.05) is 0 Å². The smallest absolute Gasteiger partial charge is 0.265 e. The molecule has 0 aliphatic rings. The van der Waals surface area contributed by atoms with Gasteiger partial charge < -0.3 is 4.74 Å². The third-order valence-electron chi connectivity index (χ3n) is 4.03. The minimum atomic E-state index is -4.10. The molecule has 8 heteroatoms. The summed E-state index contributed by atoms with van der Waals surface area (Å²) in [6, 6.07) is 12.8. The highest BCUT2D eigenvalue weighted by atomic mass is 79.9. The van der Waals surface area contributed by atoms with Crippen molar-refractivity contribution in [3.05, 3.63) is 58.6 Å². The predicted octanol–water partition coefficient (Wildman–Crippen LogP) is 2.74. The van der Waals surface area contributed by atoms with E-state index in [1.54, 1.807) is 24.3 Å². The summed E-state index contributed by atoms with van der Waals surface area (Å²) in [6.45, 7) is 1.29. The fourth-order valence-electron chi connectivity index (χ4n) is 2.44. The van der Waals surface area contributed by atoms with Crippen molar-refractivity contribution >= 4 is 31.7 Å². The molecule has 0 spiro atoms. The predicted molar refractivity (Wildman–Crippen MR) is 96.4 cm³/mol. The number of sulfone groups is 1. The Morgan fingerprint density at radius 2 is 1.80 bits per heavy atom. The lowest BCUT2D eigenvalue weighted by atomic mass is 9.99. The Hall–Kier alpha value is -1.90. The van der Waals surface area contributed by atoms with Crippen molar-refractivity contribution in [1.29, 1.82) is 0 Å². The van der Waals surface area contributed by atoms with Crippen molar-refractivity contribution < 1.29 is 23.2 Å². The third-order valence-corrected chi connectivity index (χ3v) is 7.21. The summed E-state index contributed by atoms with van der Waals surface area (Å²) < 4.78 is 30.1. The molecule has 0 saturated carbocycles. The summed E-state index contributed by atoms with van der Waals surface area (Å²) in [5, 5.41) is 9.11. The van der Waals surface area contributed by atoms with Crippen LogP contribution in [0.4, 0.5) is 0 Å². The van der Waals surface area contributed by atoms with Crippen LogP contribution in [0.5, 0.6) is 5.75 Å². The molecular formula is C17H18BrNO5S. The van der Waals surface area contributed by atoms with Crippen LogP contribution >= 0.6 is 15.9 Å². The van der Waals surface area contributed by atoms with E-state index in [9.17, 15) is 13.2 Å². The zero-order chi connectivity index (χ0) is 18.7. The fraction of sp³-hybridized carbons (Fsp3) is 0.235. The van der Waals surface area contributed by atoms with Gasteiger partial charge in [0.05, 0.1) is 12.0 Å². The van der Waals surface area contributed by atoms with Gasteiger partial charge in [-0.25, -0.2) is 13.9 Å². The lowest BCUT2D eigenvalue weighted by Gasteiger charge is -2.27. The molecule has 134 valence electrons. The van der Waals surface area contributed by atoms with Gasteiger partial charge in [0.2, 0.25) is 0 Å². The standard InChI is InChI=1S/C17H18BrNO5S/c1-17(16(20)19-21,11-12-5-3-4-6-15(12)18)25(22,23)14-9-7-13(24-2)8-10-14/h3-10,21H,11H2,1-2H3,(H,19,20). The molecule has 0 aliphatic carbocycles. The van der Waals surface area contributed by atoms with E-state index < -0.39 is 20.5 Å². The highest BCUT2D eigenvalue weighted by Crippen LogP contribution is 2.32. The number of rotatable bonds is 6. The number of nitrogens with one attached hydrogen (secondary N) is 1. The SMILES string of the molecule is COc1ccc(S(=O)(=O)C(C)(Cc2ccccc2Br)C(=O)NO)cc1. The number of methoxy groups -OCH3 is 1. The number of carbonyl (C=O) groups excluding carboxylic acids is 1. The Morgan fingerprint density at radius 3 is 2.32 bits per heavy atom. The first kappa shape index (κ1) is 19.4. The van der Waals surface area contributed by atoms with Gasteiger partial charge in [-0.1, -0.05) is 34.1 Å². The van der Waals surface area contributed by atoms with Crippen LogP contribution in [0.15, 0.2) is 57.9 Å². The van der Waals surface area contributed by atoms with Gasteiger partial charge in [0.15, 0.2) is 14.6 Å².